The van der Waals surface area contributed by atoms with Crippen LogP contribution in [0.15, 0.2) is 42.5 Å². The Morgan fingerprint density at radius 1 is 0.963 bits per heavy atom. The van der Waals surface area contributed by atoms with Crippen LogP contribution in [0.25, 0.3) is 0 Å². The second-order valence-electron chi connectivity index (χ2n) is 6.49. The number of carbonyl (C=O) groups is 1. The number of benzene rings is 2. The molecule has 2 aromatic rings. The van der Waals surface area contributed by atoms with Gasteiger partial charge in [-0.3, -0.25) is 4.79 Å². The topological polar surface area (TPSA) is 20.3 Å². The zero-order chi connectivity index (χ0) is 20.0. The predicted molar refractivity (Wildman–Crippen MR) is 87.5 cm³/mol. The van der Waals surface area contributed by atoms with Gasteiger partial charge < -0.3 is 4.90 Å². The van der Waals surface area contributed by atoms with Crippen molar-refractivity contribution in [3.05, 3.63) is 64.7 Å². The molecule has 1 aliphatic heterocycles. The Morgan fingerprint density at radius 2 is 1.52 bits per heavy atom. The van der Waals surface area contributed by atoms with E-state index in [2.05, 4.69) is 0 Å². The number of nitrogens with zero attached hydrogens (tertiary/aromatic N) is 1. The van der Waals surface area contributed by atoms with Crippen LogP contribution in [0.3, 0.4) is 0 Å². The summed E-state index contributed by atoms with van der Waals surface area (Å²) < 4.78 is 78.4. The number of hydrogen-bond donors (Lipinski definition) is 0. The molecular formula is C19H15F6NO. The highest BCUT2D eigenvalue weighted by Gasteiger charge is 2.38. The molecule has 0 N–H and O–H groups in total. The summed E-state index contributed by atoms with van der Waals surface area (Å²) in [4.78, 5) is 14.2. The van der Waals surface area contributed by atoms with E-state index in [0.717, 1.165) is 5.56 Å². The van der Waals surface area contributed by atoms with Gasteiger partial charge >= 0.3 is 12.4 Å². The molecule has 1 amide bonds. The van der Waals surface area contributed by atoms with E-state index in [1.807, 2.05) is 0 Å². The lowest BCUT2D eigenvalue weighted by molar-refractivity contribution is -0.143. The summed E-state index contributed by atoms with van der Waals surface area (Å²) in [5.74, 6) is -0.883. The number of halogens is 6. The molecule has 0 radical (unpaired) electrons. The third-order valence-corrected chi connectivity index (χ3v) is 4.58. The first-order valence-corrected chi connectivity index (χ1v) is 8.19. The van der Waals surface area contributed by atoms with Crippen LogP contribution in [-0.2, 0) is 18.8 Å². The number of hydrogen-bond acceptors (Lipinski definition) is 1. The molecule has 1 heterocycles. The largest absolute Gasteiger partial charge is 0.416 e. The lowest BCUT2D eigenvalue weighted by Crippen LogP contribution is -2.42. The van der Waals surface area contributed by atoms with Gasteiger partial charge in [0.25, 0.3) is 5.91 Å². The SMILES string of the molecule is C[C@H]1CCc2ccccc2N1C(=O)c1cc(C(F)(F)F)cc(C(F)(F)F)c1. The van der Waals surface area contributed by atoms with Gasteiger partial charge in [0.15, 0.2) is 0 Å². The van der Waals surface area contributed by atoms with Gasteiger partial charge in [0.1, 0.15) is 0 Å². The molecular weight excluding hydrogens is 372 g/mol. The average molecular weight is 387 g/mol. The van der Waals surface area contributed by atoms with Crippen molar-refractivity contribution >= 4 is 11.6 Å². The Morgan fingerprint density at radius 3 is 2.07 bits per heavy atom. The molecule has 1 atom stereocenters. The fraction of sp³-hybridized carbons (Fsp3) is 0.316. The van der Waals surface area contributed by atoms with Gasteiger partial charge in [-0.1, -0.05) is 18.2 Å². The Bertz CT molecular complexity index is 839. The van der Waals surface area contributed by atoms with E-state index in [0.29, 0.717) is 30.7 Å². The first kappa shape index (κ1) is 19.3. The number of para-hydroxylation sites is 1. The van der Waals surface area contributed by atoms with Crippen LogP contribution in [0.2, 0.25) is 0 Å². The molecule has 2 aromatic carbocycles. The molecule has 144 valence electrons. The van der Waals surface area contributed by atoms with Crippen LogP contribution in [0, 0.1) is 0 Å². The van der Waals surface area contributed by atoms with E-state index in [1.165, 1.54) is 4.90 Å². The van der Waals surface area contributed by atoms with Crippen LogP contribution in [0.5, 0.6) is 0 Å². The van der Waals surface area contributed by atoms with E-state index in [-0.39, 0.29) is 12.1 Å². The highest BCUT2D eigenvalue weighted by atomic mass is 19.4. The molecule has 0 bridgehead atoms. The first-order valence-electron chi connectivity index (χ1n) is 8.19. The van der Waals surface area contributed by atoms with Crippen molar-refractivity contribution in [2.45, 2.75) is 38.2 Å². The molecule has 3 rings (SSSR count). The minimum absolute atomic E-state index is 0.0182. The molecule has 8 heteroatoms. The molecule has 0 unspecified atom stereocenters. The summed E-state index contributed by atoms with van der Waals surface area (Å²) in [6.45, 7) is 1.71. The highest BCUT2D eigenvalue weighted by Crippen LogP contribution is 2.38. The van der Waals surface area contributed by atoms with Crippen LogP contribution in [0.1, 0.15) is 40.4 Å². The van der Waals surface area contributed by atoms with Crippen molar-refractivity contribution in [3.8, 4) is 0 Å². The van der Waals surface area contributed by atoms with Gasteiger partial charge in [-0.15, -0.1) is 0 Å². The van der Waals surface area contributed by atoms with E-state index in [4.69, 9.17) is 0 Å². The van der Waals surface area contributed by atoms with Crippen LogP contribution in [0.4, 0.5) is 32.0 Å². The maximum Gasteiger partial charge on any atom is 0.416 e. The molecule has 27 heavy (non-hydrogen) atoms. The smallest absolute Gasteiger partial charge is 0.305 e. The number of aryl methyl sites for hydroxylation is 1. The predicted octanol–water partition coefficient (Wildman–Crippen LogP) is 5.71. The lowest BCUT2D eigenvalue weighted by Gasteiger charge is -2.35. The van der Waals surface area contributed by atoms with Crippen molar-refractivity contribution in [2.75, 3.05) is 4.90 Å². The van der Waals surface area contributed by atoms with E-state index in [9.17, 15) is 31.1 Å². The van der Waals surface area contributed by atoms with Crippen LogP contribution >= 0.6 is 0 Å². The van der Waals surface area contributed by atoms with Crippen molar-refractivity contribution in [1.29, 1.82) is 0 Å². The van der Waals surface area contributed by atoms with Crippen molar-refractivity contribution in [1.82, 2.24) is 0 Å². The number of fused-ring (bicyclic) bond motifs is 1. The van der Waals surface area contributed by atoms with Crippen LogP contribution in [-0.4, -0.2) is 11.9 Å². The zero-order valence-corrected chi connectivity index (χ0v) is 14.2. The highest BCUT2D eigenvalue weighted by molar-refractivity contribution is 6.07. The Balaban J connectivity index is 2.12. The quantitative estimate of drug-likeness (QED) is 0.575. The molecule has 0 saturated heterocycles. The summed E-state index contributed by atoms with van der Waals surface area (Å²) in [6, 6.07) is 7.48. The molecule has 1 aliphatic rings. The maximum absolute atomic E-state index is 13.1. The van der Waals surface area contributed by atoms with Gasteiger partial charge in [-0.2, -0.15) is 26.3 Å². The molecule has 0 saturated carbocycles. The van der Waals surface area contributed by atoms with Gasteiger partial charge in [0.05, 0.1) is 11.1 Å². The summed E-state index contributed by atoms with van der Waals surface area (Å²) in [5.41, 5.74) is -2.31. The molecule has 0 aliphatic carbocycles. The van der Waals surface area contributed by atoms with Gasteiger partial charge in [0, 0.05) is 17.3 Å². The molecule has 0 fully saturated rings. The zero-order valence-electron chi connectivity index (χ0n) is 14.2. The van der Waals surface area contributed by atoms with Gasteiger partial charge in [-0.05, 0) is 49.6 Å². The van der Waals surface area contributed by atoms with Crippen molar-refractivity contribution < 1.29 is 31.1 Å². The number of anilines is 1. The number of rotatable bonds is 1. The third-order valence-electron chi connectivity index (χ3n) is 4.58. The minimum Gasteiger partial charge on any atom is -0.305 e. The number of alkyl halides is 6. The summed E-state index contributed by atoms with van der Waals surface area (Å²) >= 11 is 0. The first-order chi connectivity index (χ1) is 12.5. The third kappa shape index (κ3) is 3.79. The van der Waals surface area contributed by atoms with Gasteiger partial charge in [0.2, 0.25) is 0 Å². The van der Waals surface area contributed by atoms with Crippen LogP contribution < -0.4 is 4.90 Å². The Kier molecular flexibility index (Phi) is 4.69. The Labute approximate surface area is 151 Å². The number of carbonyl (C=O) groups excluding carboxylic acids is 1. The lowest BCUT2D eigenvalue weighted by atomic mass is 9.95. The second kappa shape index (κ2) is 6.58. The molecule has 2 nitrogen and oxygen atoms in total. The van der Waals surface area contributed by atoms with Gasteiger partial charge in [-0.25, -0.2) is 0 Å². The van der Waals surface area contributed by atoms with Crippen molar-refractivity contribution in [3.63, 3.8) is 0 Å². The average Bonchev–Trinajstić information content (AvgIpc) is 2.59. The summed E-state index contributed by atoms with van der Waals surface area (Å²) in [6.07, 6.45) is -8.76. The maximum atomic E-state index is 13.1. The standard InChI is InChI=1S/C19H15F6NO/c1-11-6-7-12-4-2-3-5-16(12)26(11)17(27)13-8-14(18(20,21)22)10-15(9-13)19(23,24)25/h2-5,8-11H,6-7H2,1H3/t11-/m0/s1. The number of amides is 1. The summed E-state index contributed by atoms with van der Waals surface area (Å²) in [5, 5.41) is 0. The summed E-state index contributed by atoms with van der Waals surface area (Å²) in [7, 11) is 0. The molecule has 0 aromatic heterocycles. The minimum atomic E-state index is -5.00. The monoisotopic (exact) mass is 387 g/mol. The normalized spacial score (nSPS) is 17.6. The molecule has 0 spiro atoms. The van der Waals surface area contributed by atoms with E-state index in [1.54, 1.807) is 31.2 Å². The Hall–Kier alpha value is -2.51. The fourth-order valence-corrected chi connectivity index (χ4v) is 3.22. The van der Waals surface area contributed by atoms with E-state index >= 15 is 0 Å². The van der Waals surface area contributed by atoms with E-state index < -0.39 is 35.0 Å². The second-order valence-corrected chi connectivity index (χ2v) is 6.49. The van der Waals surface area contributed by atoms with Crippen molar-refractivity contribution in [2.24, 2.45) is 0 Å². The fourth-order valence-electron chi connectivity index (χ4n) is 3.22.